The van der Waals surface area contributed by atoms with Crippen LogP contribution in [0.4, 0.5) is 18.4 Å². The second-order valence-electron chi connectivity index (χ2n) is 12.4. The number of amides is 2. The molecule has 9 nitrogen and oxygen atoms in total. The topological polar surface area (TPSA) is 105 Å². The molecule has 1 heterocycles. The van der Waals surface area contributed by atoms with Gasteiger partial charge in [-0.25, -0.2) is 36.8 Å². The largest absolute Gasteiger partial charge is 0.449 e. The molecule has 2 amide bonds. The van der Waals surface area contributed by atoms with E-state index in [-0.39, 0.29) is 50.6 Å². The summed E-state index contributed by atoms with van der Waals surface area (Å²) in [6.45, 7) is 0.503. The number of ether oxygens (including phenoxy) is 2. The lowest BCUT2D eigenvalue weighted by molar-refractivity contribution is 0.00304. The van der Waals surface area contributed by atoms with Crippen molar-refractivity contribution in [2.45, 2.75) is 55.2 Å². The van der Waals surface area contributed by atoms with E-state index in [9.17, 15) is 26.8 Å². The minimum Gasteiger partial charge on any atom is -0.449 e. The Kier molecular flexibility index (Phi) is 11.2. The lowest BCUT2D eigenvalue weighted by Gasteiger charge is -2.40. The van der Waals surface area contributed by atoms with E-state index in [1.54, 1.807) is 18.2 Å². The predicted molar refractivity (Wildman–Crippen MR) is 168 cm³/mol. The Balaban J connectivity index is 1.45. The summed E-state index contributed by atoms with van der Waals surface area (Å²) in [6.07, 6.45) is 4.51. The van der Waals surface area contributed by atoms with Gasteiger partial charge in [0.05, 0.1) is 4.90 Å². The van der Waals surface area contributed by atoms with Crippen molar-refractivity contribution >= 4 is 32.2 Å². The molecule has 1 aliphatic carbocycles. The standard InChI is InChI=1S/C31H43F2N3O6S2/c1-43(2,3)19-18-41-29(37)34-28-21-31(32,33)20-25(28)14-15-26-22-35(30(38)42-23-24-10-6-4-7-11-24)16-17-36(26)44(39,40)27-12-8-5-9-13-27/h4-13,25-26,28H,14-23H2,1-3H3,(H,34,37)/t25?,26-,28?/m0/s1. The second kappa shape index (κ2) is 14.5. The van der Waals surface area contributed by atoms with Crippen LogP contribution < -0.4 is 5.32 Å². The molecular weight excluding hydrogens is 612 g/mol. The summed E-state index contributed by atoms with van der Waals surface area (Å²) in [4.78, 5) is 27.0. The summed E-state index contributed by atoms with van der Waals surface area (Å²) in [5, 5.41) is 2.64. The summed E-state index contributed by atoms with van der Waals surface area (Å²) in [6, 6.07) is 15.8. The minimum absolute atomic E-state index is 0.0346. The number of nitrogens with one attached hydrogen (secondary N) is 1. The van der Waals surface area contributed by atoms with Crippen LogP contribution in [0.25, 0.3) is 0 Å². The molecule has 2 aromatic carbocycles. The Morgan fingerprint density at radius 1 is 0.932 bits per heavy atom. The molecule has 2 fully saturated rings. The maximum atomic E-state index is 14.6. The van der Waals surface area contributed by atoms with Gasteiger partial charge in [-0.1, -0.05) is 48.5 Å². The van der Waals surface area contributed by atoms with Gasteiger partial charge in [0.1, 0.15) is 13.2 Å². The number of piperazine rings is 1. The van der Waals surface area contributed by atoms with E-state index in [1.165, 1.54) is 21.3 Å². The Bertz CT molecular complexity index is 1360. The van der Waals surface area contributed by atoms with Gasteiger partial charge in [0.15, 0.2) is 0 Å². The van der Waals surface area contributed by atoms with E-state index in [4.69, 9.17) is 9.47 Å². The Hall–Kier alpha value is -2.90. The van der Waals surface area contributed by atoms with Crippen LogP contribution in [0.5, 0.6) is 0 Å². The number of alkyl halides is 2. The maximum Gasteiger partial charge on any atom is 0.410 e. The average Bonchev–Trinajstić information content (AvgIpc) is 3.27. The molecule has 244 valence electrons. The van der Waals surface area contributed by atoms with Gasteiger partial charge in [-0.15, -0.1) is 0 Å². The summed E-state index contributed by atoms with van der Waals surface area (Å²) < 4.78 is 68.6. The zero-order valence-electron chi connectivity index (χ0n) is 25.5. The van der Waals surface area contributed by atoms with Gasteiger partial charge < -0.3 is 19.7 Å². The molecule has 1 aliphatic heterocycles. The van der Waals surface area contributed by atoms with E-state index in [1.807, 2.05) is 30.3 Å². The smallest absolute Gasteiger partial charge is 0.410 e. The van der Waals surface area contributed by atoms with Crippen molar-refractivity contribution < 1.29 is 36.3 Å². The van der Waals surface area contributed by atoms with Crippen molar-refractivity contribution in [3.63, 3.8) is 0 Å². The minimum atomic E-state index is -3.92. The van der Waals surface area contributed by atoms with Gasteiger partial charge in [0.2, 0.25) is 10.0 Å². The van der Waals surface area contributed by atoms with Gasteiger partial charge in [-0.3, -0.25) is 0 Å². The number of sulfonamides is 1. The Morgan fingerprint density at radius 2 is 1.59 bits per heavy atom. The fraction of sp³-hybridized carbons (Fsp3) is 0.548. The van der Waals surface area contributed by atoms with E-state index in [0.29, 0.717) is 5.75 Å². The van der Waals surface area contributed by atoms with E-state index in [2.05, 4.69) is 24.1 Å². The third-order valence-electron chi connectivity index (χ3n) is 7.99. The highest BCUT2D eigenvalue weighted by atomic mass is 32.3. The van der Waals surface area contributed by atoms with Crippen molar-refractivity contribution in [2.24, 2.45) is 5.92 Å². The number of rotatable bonds is 11. The number of hydrogen-bond acceptors (Lipinski definition) is 6. The molecule has 0 aromatic heterocycles. The van der Waals surface area contributed by atoms with Crippen molar-refractivity contribution in [3.8, 4) is 0 Å². The third-order valence-corrected chi connectivity index (χ3v) is 11.4. The molecule has 13 heteroatoms. The monoisotopic (exact) mass is 655 g/mol. The fourth-order valence-electron chi connectivity index (χ4n) is 5.65. The highest BCUT2D eigenvalue weighted by Gasteiger charge is 2.47. The third kappa shape index (κ3) is 9.55. The summed E-state index contributed by atoms with van der Waals surface area (Å²) in [7, 11) is -4.80. The zero-order chi connectivity index (χ0) is 32.0. The molecule has 0 spiro atoms. The van der Waals surface area contributed by atoms with E-state index >= 15 is 0 Å². The number of halogens is 2. The van der Waals surface area contributed by atoms with Crippen LogP contribution in [0.15, 0.2) is 65.6 Å². The maximum absolute atomic E-state index is 14.6. The molecule has 0 radical (unpaired) electrons. The SMILES string of the molecule is CS(C)(C)CCOC(=O)NC1CC(F)(F)CC1CC[C@H]1CN(C(=O)OCc2ccccc2)CCN1S(=O)(=O)c1ccccc1. The number of nitrogens with zero attached hydrogens (tertiary/aromatic N) is 2. The Labute approximate surface area is 260 Å². The molecule has 0 bridgehead atoms. The number of alkyl carbamates (subject to hydrolysis) is 1. The van der Waals surface area contributed by atoms with Gasteiger partial charge >= 0.3 is 12.2 Å². The van der Waals surface area contributed by atoms with Gasteiger partial charge in [0.25, 0.3) is 5.92 Å². The summed E-state index contributed by atoms with van der Waals surface area (Å²) in [5.74, 6) is -2.84. The second-order valence-corrected chi connectivity index (χ2v) is 18.8. The van der Waals surface area contributed by atoms with Crippen LogP contribution in [0.3, 0.4) is 0 Å². The average molecular weight is 656 g/mol. The lowest BCUT2D eigenvalue weighted by atomic mass is 9.94. The van der Waals surface area contributed by atoms with Crippen LogP contribution >= 0.6 is 10.0 Å². The van der Waals surface area contributed by atoms with Crippen molar-refractivity contribution in [1.82, 2.24) is 14.5 Å². The molecule has 1 saturated carbocycles. The molecule has 44 heavy (non-hydrogen) atoms. The highest BCUT2D eigenvalue weighted by molar-refractivity contribution is 8.32. The summed E-state index contributed by atoms with van der Waals surface area (Å²) in [5.41, 5.74) is 0.821. The normalized spacial score (nSPS) is 22.8. The highest BCUT2D eigenvalue weighted by Crippen LogP contribution is 2.42. The van der Waals surface area contributed by atoms with Crippen LogP contribution in [0, 0.1) is 5.92 Å². The van der Waals surface area contributed by atoms with E-state index in [0.717, 1.165) is 5.56 Å². The molecular formula is C31H43F2N3O6S2. The van der Waals surface area contributed by atoms with Crippen molar-refractivity contribution in [2.75, 3.05) is 50.8 Å². The summed E-state index contributed by atoms with van der Waals surface area (Å²) >= 11 is 0. The number of hydrogen-bond donors (Lipinski definition) is 1. The quantitative estimate of drug-likeness (QED) is 0.352. The molecule has 3 atom stereocenters. The van der Waals surface area contributed by atoms with Gasteiger partial charge in [-0.2, -0.15) is 4.31 Å². The van der Waals surface area contributed by atoms with Gasteiger partial charge in [-0.05, 0) is 55.2 Å². The molecule has 1 N–H and O–H groups in total. The van der Waals surface area contributed by atoms with E-state index < -0.39 is 69.0 Å². The van der Waals surface area contributed by atoms with Crippen LogP contribution in [0.1, 0.15) is 31.2 Å². The first-order chi connectivity index (χ1) is 20.7. The van der Waals surface area contributed by atoms with Gasteiger partial charge in [0, 0.05) is 50.3 Å². The first kappa shape index (κ1) is 34.0. The molecule has 2 unspecified atom stereocenters. The lowest BCUT2D eigenvalue weighted by Crippen LogP contribution is -2.56. The van der Waals surface area contributed by atoms with Crippen LogP contribution in [-0.4, -0.2) is 98.6 Å². The first-order valence-electron chi connectivity index (χ1n) is 14.7. The van der Waals surface area contributed by atoms with Crippen molar-refractivity contribution in [1.29, 1.82) is 0 Å². The molecule has 2 aromatic rings. The van der Waals surface area contributed by atoms with Crippen molar-refractivity contribution in [3.05, 3.63) is 66.2 Å². The molecule has 1 saturated heterocycles. The number of carbonyl (C=O) groups is 2. The number of carbonyl (C=O) groups excluding carboxylic acids is 2. The van der Waals surface area contributed by atoms with Crippen LogP contribution in [0.2, 0.25) is 0 Å². The predicted octanol–water partition coefficient (Wildman–Crippen LogP) is 5.31. The zero-order valence-corrected chi connectivity index (χ0v) is 27.1. The van der Waals surface area contributed by atoms with Crippen LogP contribution in [-0.2, 0) is 26.1 Å². The fourth-order valence-corrected chi connectivity index (χ4v) is 7.89. The number of benzene rings is 2. The molecule has 2 aliphatic rings. The Morgan fingerprint density at radius 3 is 2.25 bits per heavy atom. The molecule has 4 rings (SSSR count). The first-order valence-corrected chi connectivity index (χ1v) is 19.2.